The van der Waals surface area contributed by atoms with Gasteiger partial charge in [0.1, 0.15) is 0 Å². The lowest BCUT2D eigenvalue weighted by molar-refractivity contribution is -0.384. The summed E-state index contributed by atoms with van der Waals surface area (Å²) in [5.41, 5.74) is 0.364. The first-order valence-corrected chi connectivity index (χ1v) is 6.15. The van der Waals surface area contributed by atoms with Crippen molar-refractivity contribution in [2.24, 2.45) is 0 Å². The van der Waals surface area contributed by atoms with Crippen LogP contribution in [-0.4, -0.2) is 28.3 Å². The molecule has 0 aromatic heterocycles. The molecule has 1 aliphatic heterocycles. The second-order valence-electron chi connectivity index (χ2n) is 4.65. The number of nitro benzene ring substituents is 1. The summed E-state index contributed by atoms with van der Waals surface area (Å²) in [6.45, 7) is 2.76. The number of benzene rings is 1. The molecule has 0 aliphatic carbocycles. The van der Waals surface area contributed by atoms with Gasteiger partial charge in [-0.25, -0.2) is 0 Å². The van der Waals surface area contributed by atoms with Gasteiger partial charge in [-0.2, -0.15) is 0 Å². The Labute approximate surface area is 106 Å². The topological polar surface area (TPSA) is 63.5 Å². The monoisotopic (exact) mass is 248 g/mol. The number of nitro groups is 1. The molecule has 0 unspecified atom stereocenters. The molecule has 0 bridgehead atoms. The normalized spacial score (nSPS) is 19.6. The highest BCUT2D eigenvalue weighted by Crippen LogP contribution is 2.21. The molecule has 0 N–H and O–H groups in total. The predicted octanol–water partition coefficient (Wildman–Crippen LogP) is 2.61. The molecule has 1 heterocycles. The van der Waals surface area contributed by atoms with Gasteiger partial charge in [0, 0.05) is 30.3 Å². The molecule has 1 aliphatic rings. The summed E-state index contributed by atoms with van der Waals surface area (Å²) in [7, 11) is 0. The van der Waals surface area contributed by atoms with Gasteiger partial charge in [-0.3, -0.25) is 14.9 Å². The Hall–Kier alpha value is -1.91. The maximum Gasteiger partial charge on any atom is 0.270 e. The number of rotatable bonds is 2. The summed E-state index contributed by atoms with van der Waals surface area (Å²) in [4.78, 5) is 24.3. The van der Waals surface area contributed by atoms with E-state index in [1.54, 1.807) is 12.1 Å². The van der Waals surface area contributed by atoms with Gasteiger partial charge in [0.15, 0.2) is 0 Å². The van der Waals surface area contributed by atoms with E-state index < -0.39 is 4.92 Å². The first kappa shape index (κ1) is 12.5. The van der Waals surface area contributed by atoms with Crippen molar-refractivity contribution >= 4 is 11.6 Å². The van der Waals surface area contributed by atoms with E-state index >= 15 is 0 Å². The van der Waals surface area contributed by atoms with Crippen molar-refractivity contribution < 1.29 is 9.72 Å². The van der Waals surface area contributed by atoms with Crippen molar-refractivity contribution in [3.05, 3.63) is 39.9 Å². The van der Waals surface area contributed by atoms with Gasteiger partial charge in [-0.1, -0.05) is 6.07 Å². The molecule has 1 aromatic rings. The average molecular weight is 248 g/mol. The summed E-state index contributed by atoms with van der Waals surface area (Å²) in [5, 5.41) is 10.7. The molecule has 1 aromatic carbocycles. The van der Waals surface area contributed by atoms with Crippen LogP contribution < -0.4 is 0 Å². The summed E-state index contributed by atoms with van der Waals surface area (Å²) < 4.78 is 0. The molecule has 0 saturated carbocycles. The van der Waals surface area contributed by atoms with E-state index in [1.807, 2.05) is 11.8 Å². The second kappa shape index (κ2) is 5.16. The Balaban J connectivity index is 2.22. The fraction of sp³-hybridized carbons (Fsp3) is 0.462. The Morgan fingerprint density at radius 1 is 1.44 bits per heavy atom. The highest BCUT2D eigenvalue weighted by atomic mass is 16.6. The van der Waals surface area contributed by atoms with E-state index in [0.29, 0.717) is 5.56 Å². The zero-order chi connectivity index (χ0) is 13.1. The number of likely N-dealkylation sites (tertiary alicyclic amines) is 1. The van der Waals surface area contributed by atoms with Gasteiger partial charge in [0.2, 0.25) is 0 Å². The third-order valence-corrected chi connectivity index (χ3v) is 3.37. The van der Waals surface area contributed by atoms with Crippen LogP contribution in [0.5, 0.6) is 0 Å². The van der Waals surface area contributed by atoms with Crippen LogP contribution in [0.1, 0.15) is 36.5 Å². The molecule has 18 heavy (non-hydrogen) atoms. The average Bonchev–Trinajstić information content (AvgIpc) is 2.38. The molecule has 1 atom stereocenters. The van der Waals surface area contributed by atoms with Crippen LogP contribution in [0.4, 0.5) is 5.69 Å². The smallest absolute Gasteiger partial charge is 0.270 e. The second-order valence-corrected chi connectivity index (χ2v) is 4.65. The van der Waals surface area contributed by atoms with Gasteiger partial charge in [-0.05, 0) is 32.3 Å². The van der Waals surface area contributed by atoms with Crippen LogP contribution >= 0.6 is 0 Å². The Morgan fingerprint density at radius 3 is 2.89 bits per heavy atom. The SMILES string of the molecule is C[C@H]1CCCCN1C(=O)c1cccc([N+](=O)[O-])c1. The molecule has 0 radical (unpaired) electrons. The zero-order valence-electron chi connectivity index (χ0n) is 10.3. The van der Waals surface area contributed by atoms with Gasteiger partial charge in [0.05, 0.1) is 4.92 Å². The van der Waals surface area contributed by atoms with E-state index in [0.717, 1.165) is 25.8 Å². The Kier molecular flexibility index (Phi) is 3.60. The maximum atomic E-state index is 12.3. The molecule has 0 spiro atoms. The van der Waals surface area contributed by atoms with Crippen LogP contribution in [0.15, 0.2) is 24.3 Å². The lowest BCUT2D eigenvalue weighted by Gasteiger charge is -2.33. The summed E-state index contributed by atoms with van der Waals surface area (Å²) >= 11 is 0. The van der Waals surface area contributed by atoms with E-state index in [-0.39, 0.29) is 17.6 Å². The number of carbonyl (C=O) groups is 1. The number of piperidine rings is 1. The number of hydrogen-bond acceptors (Lipinski definition) is 3. The van der Waals surface area contributed by atoms with Crippen molar-refractivity contribution in [2.75, 3.05) is 6.54 Å². The first-order valence-electron chi connectivity index (χ1n) is 6.15. The summed E-state index contributed by atoms with van der Waals surface area (Å²) in [6, 6.07) is 6.15. The van der Waals surface area contributed by atoms with E-state index in [9.17, 15) is 14.9 Å². The largest absolute Gasteiger partial charge is 0.336 e. The molecular formula is C13H16N2O3. The lowest BCUT2D eigenvalue weighted by Crippen LogP contribution is -2.42. The Morgan fingerprint density at radius 2 is 2.22 bits per heavy atom. The molecule has 1 amide bonds. The van der Waals surface area contributed by atoms with Crippen LogP contribution in [0.25, 0.3) is 0 Å². The fourth-order valence-electron chi connectivity index (χ4n) is 2.32. The van der Waals surface area contributed by atoms with E-state index in [1.165, 1.54) is 12.1 Å². The Bertz CT molecular complexity index is 473. The highest BCUT2D eigenvalue weighted by Gasteiger charge is 2.24. The number of hydrogen-bond donors (Lipinski definition) is 0. The fourth-order valence-corrected chi connectivity index (χ4v) is 2.32. The van der Waals surface area contributed by atoms with Crippen molar-refractivity contribution in [3.63, 3.8) is 0 Å². The number of carbonyl (C=O) groups excluding carboxylic acids is 1. The van der Waals surface area contributed by atoms with E-state index in [2.05, 4.69) is 0 Å². The predicted molar refractivity (Wildman–Crippen MR) is 67.4 cm³/mol. The van der Waals surface area contributed by atoms with E-state index in [4.69, 9.17) is 0 Å². The minimum Gasteiger partial charge on any atom is -0.336 e. The molecule has 1 saturated heterocycles. The zero-order valence-corrected chi connectivity index (χ0v) is 10.3. The van der Waals surface area contributed by atoms with Crippen LogP contribution in [0, 0.1) is 10.1 Å². The first-order chi connectivity index (χ1) is 8.59. The van der Waals surface area contributed by atoms with Crippen molar-refractivity contribution in [1.82, 2.24) is 4.90 Å². The number of amides is 1. The van der Waals surface area contributed by atoms with Gasteiger partial charge >= 0.3 is 0 Å². The van der Waals surface area contributed by atoms with Crippen molar-refractivity contribution in [1.29, 1.82) is 0 Å². The molecule has 96 valence electrons. The van der Waals surface area contributed by atoms with Gasteiger partial charge in [-0.15, -0.1) is 0 Å². The quantitative estimate of drug-likeness (QED) is 0.597. The summed E-state index contributed by atoms with van der Waals surface area (Å²) in [6.07, 6.45) is 3.14. The molecule has 5 heteroatoms. The minimum atomic E-state index is -0.476. The molecule has 1 fully saturated rings. The number of non-ortho nitro benzene ring substituents is 1. The molecule has 5 nitrogen and oxygen atoms in total. The van der Waals surface area contributed by atoms with Crippen LogP contribution in [-0.2, 0) is 0 Å². The molecular weight excluding hydrogens is 232 g/mol. The van der Waals surface area contributed by atoms with Crippen molar-refractivity contribution in [2.45, 2.75) is 32.2 Å². The van der Waals surface area contributed by atoms with Crippen LogP contribution in [0.2, 0.25) is 0 Å². The lowest BCUT2D eigenvalue weighted by atomic mass is 10.0. The minimum absolute atomic E-state index is 0.0366. The van der Waals surface area contributed by atoms with Crippen LogP contribution in [0.3, 0.4) is 0 Å². The molecule has 2 rings (SSSR count). The third kappa shape index (κ3) is 2.50. The van der Waals surface area contributed by atoms with Gasteiger partial charge in [0.25, 0.3) is 11.6 Å². The van der Waals surface area contributed by atoms with Gasteiger partial charge < -0.3 is 4.90 Å². The maximum absolute atomic E-state index is 12.3. The third-order valence-electron chi connectivity index (χ3n) is 3.37. The summed E-state index contributed by atoms with van der Waals surface area (Å²) in [5.74, 6) is -0.106. The number of nitrogens with zero attached hydrogens (tertiary/aromatic N) is 2. The van der Waals surface area contributed by atoms with Crippen molar-refractivity contribution in [3.8, 4) is 0 Å². The highest BCUT2D eigenvalue weighted by molar-refractivity contribution is 5.95. The standard InChI is InChI=1S/C13H16N2O3/c1-10-5-2-3-8-14(10)13(16)11-6-4-7-12(9-11)15(17)18/h4,6-7,9-10H,2-3,5,8H2,1H3/t10-/m0/s1.